The van der Waals surface area contributed by atoms with Crippen LogP contribution in [0.5, 0.6) is 17.4 Å². The van der Waals surface area contributed by atoms with E-state index in [9.17, 15) is 4.79 Å². The maximum absolute atomic E-state index is 12.1. The molecular formula is C19H23N3O4. The van der Waals surface area contributed by atoms with Crippen LogP contribution in [0.3, 0.4) is 0 Å². The molecule has 0 amide bonds. The van der Waals surface area contributed by atoms with Crippen LogP contribution in [0.2, 0.25) is 0 Å². The lowest BCUT2D eigenvalue weighted by Crippen LogP contribution is -2.27. The largest absolute Gasteiger partial charge is 0.477 e. The lowest BCUT2D eigenvalue weighted by atomic mass is 10.2. The van der Waals surface area contributed by atoms with Gasteiger partial charge in [-0.1, -0.05) is 6.92 Å². The Labute approximate surface area is 153 Å². The molecule has 0 unspecified atom stereocenters. The summed E-state index contributed by atoms with van der Waals surface area (Å²) in [5.74, 6) is 0.897. The first-order valence-corrected chi connectivity index (χ1v) is 8.31. The van der Waals surface area contributed by atoms with Crippen LogP contribution in [0.15, 0.2) is 24.3 Å². The minimum atomic E-state index is -0.567. The van der Waals surface area contributed by atoms with Crippen molar-refractivity contribution in [1.82, 2.24) is 9.78 Å². The van der Waals surface area contributed by atoms with Gasteiger partial charge < -0.3 is 14.2 Å². The highest BCUT2D eigenvalue weighted by molar-refractivity contribution is 5.70. The average molecular weight is 357 g/mol. The lowest BCUT2D eigenvalue weighted by molar-refractivity contribution is -0.155. The van der Waals surface area contributed by atoms with E-state index < -0.39 is 5.60 Å². The Balaban J connectivity index is 2.29. The number of methoxy groups -OCH3 is 1. The van der Waals surface area contributed by atoms with Gasteiger partial charge in [0.05, 0.1) is 24.4 Å². The van der Waals surface area contributed by atoms with Gasteiger partial charge in [-0.3, -0.25) is 9.48 Å². The molecule has 1 aromatic heterocycles. The van der Waals surface area contributed by atoms with Gasteiger partial charge in [-0.25, -0.2) is 0 Å². The molecule has 0 bridgehead atoms. The topological polar surface area (TPSA) is 86.4 Å². The molecule has 1 heterocycles. The number of ether oxygens (including phenoxy) is 3. The van der Waals surface area contributed by atoms with Crippen LogP contribution in [0.25, 0.3) is 0 Å². The maximum Gasteiger partial charge on any atom is 0.328 e. The predicted octanol–water partition coefficient (Wildman–Crippen LogP) is 3.46. The molecule has 0 N–H and O–H groups in total. The van der Waals surface area contributed by atoms with Crippen molar-refractivity contribution >= 4 is 5.97 Å². The van der Waals surface area contributed by atoms with Crippen molar-refractivity contribution in [3.63, 3.8) is 0 Å². The normalized spacial score (nSPS) is 10.9. The van der Waals surface area contributed by atoms with E-state index in [0.717, 1.165) is 5.69 Å². The summed E-state index contributed by atoms with van der Waals surface area (Å²) < 4.78 is 18.1. The number of nitrogens with zero attached hydrogens (tertiary/aromatic N) is 3. The SMILES string of the molecule is CCc1c(Oc2ccc(C#N)cc2)c(OC)nn1CC(=O)OC(C)(C)C. The zero-order valence-corrected chi connectivity index (χ0v) is 15.7. The van der Waals surface area contributed by atoms with E-state index in [4.69, 9.17) is 19.5 Å². The average Bonchev–Trinajstić information content (AvgIpc) is 2.90. The first kappa shape index (κ1) is 19.3. The third kappa shape index (κ3) is 4.76. The second-order valence-corrected chi connectivity index (χ2v) is 6.62. The Bertz CT molecular complexity index is 811. The highest BCUT2D eigenvalue weighted by atomic mass is 16.6. The van der Waals surface area contributed by atoms with Crippen molar-refractivity contribution in [2.24, 2.45) is 0 Å². The molecule has 0 atom stereocenters. The number of benzene rings is 1. The fourth-order valence-electron chi connectivity index (χ4n) is 2.38. The molecule has 0 aliphatic heterocycles. The molecule has 138 valence electrons. The number of hydrogen-bond donors (Lipinski definition) is 0. The van der Waals surface area contributed by atoms with Gasteiger partial charge in [0.25, 0.3) is 5.88 Å². The van der Waals surface area contributed by atoms with E-state index >= 15 is 0 Å². The predicted molar refractivity (Wildman–Crippen MR) is 95.2 cm³/mol. The number of carbonyl (C=O) groups is 1. The van der Waals surface area contributed by atoms with Crippen LogP contribution in [-0.2, 0) is 22.5 Å². The standard InChI is InChI=1S/C19H23N3O4/c1-6-15-17(25-14-9-7-13(11-20)8-10-14)18(24-5)21-22(15)12-16(23)26-19(2,3)4/h7-10H,6,12H2,1-5H3. The van der Waals surface area contributed by atoms with E-state index in [2.05, 4.69) is 11.2 Å². The third-order valence-electron chi connectivity index (χ3n) is 3.41. The van der Waals surface area contributed by atoms with Gasteiger partial charge in [0.2, 0.25) is 5.75 Å². The molecule has 0 saturated carbocycles. The van der Waals surface area contributed by atoms with E-state index in [1.807, 2.05) is 27.7 Å². The van der Waals surface area contributed by atoms with Crippen molar-refractivity contribution in [2.75, 3.05) is 7.11 Å². The minimum Gasteiger partial charge on any atom is -0.477 e. The summed E-state index contributed by atoms with van der Waals surface area (Å²) in [6.45, 7) is 7.35. The molecule has 0 aliphatic carbocycles. The van der Waals surface area contributed by atoms with E-state index in [0.29, 0.717) is 23.5 Å². The summed E-state index contributed by atoms with van der Waals surface area (Å²) in [7, 11) is 1.49. The number of esters is 1. The zero-order valence-electron chi connectivity index (χ0n) is 15.7. The molecule has 0 radical (unpaired) electrons. The molecule has 0 aliphatic rings. The van der Waals surface area contributed by atoms with Crippen LogP contribution >= 0.6 is 0 Å². The zero-order chi connectivity index (χ0) is 19.3. The molecule has 0 spiro atoms. The van der Waals surface area contributed by atoms with Gasteiger partial charge in [0.1, 0.15) is 17.9 Å². The Morgan fingerprint density at radius 3 is 2.42 bits per heavy atom. The Hall–Kier alpha value is -3.01. The summed E-state index contributed by atoms with van der Waals surface area (Å²) in [5, 5.41) is 13.2. The number of aromatic nitrogens is 2. The minimum absolute atomic E-state index is 0.0342. The fourth-order valence-corrected chi connectivity index (χ4v) is 2.38. The quantitative estimate of drug-likeness (QED) is 0.736. The van der Waals surface area contributed by atoms with Crippen LogP contribution in [-0.4, -0.2) is 28.5 Å². The molecule has 0 fully saturated rings. The first-order valence-electron chi connectivity index (χ1n) is 8.31. The highest BCUT2D eigenvalue weighted by Crippen LogP contribution is 2.35. The number of hydrogen-bond acceptors (Lipinski definition) is 6. The van der Waals surface area contributed by atoms with Crippen molar-refractivity contribution in [3.05, 3.63) is 35.5 Å². The van der Waals surface area contributed by atoms with Crippen molar-refractivity contribution in [2.45, 2.75) is 46.3 Å². The smallest absolute Gasteiger partial charge is 0.328 e. The van der Waals surface area contributed by atoms with Gasteiger partial charge in [-0.15, -0.1) is 5.10 Å². The van der Waals surface area contributed by atoms with Gasteiger partial charge in [-0.2, -0.15) is 5.26 Å². The van der Waals surface area contributed by atoms with Crippen molar-refractivity contribution < 1.29 is 19.0 Å². The monoisotopic (exact) mass is 357 g/mol. The van der Waals surface area contributed by atoms with Crippen molar-refractivity contribution in [1.29, 1.82) is 5.26 Å². The summed E-state index contributed by atoms with van der Waals surface area (Å²) in [6.07, 6.45) is 0.588. The molecule has 7 nitrogen and oxygen atoms in total. The molecule has 2 rings (SSSR count). The van der Waals surface area contributed by atoms with E-state index in [1.54, 1.807) is 24.3 Å². The Morgan fingerprint density at radius 2 is 1.92 bits per heavy atom. The highest BCUT2D eigenvalue weighted by Gasteiger charge is 2.23. The number of carbonyl (C=O) groups excluding carboxylic acids is 1. The second kappa shape index (κ2) is 7.91. The first-order chi connectivity index (χ1) is 12.3. The summed E-state index contributed by atoms with van der Waals surface area (Å²) >= 11 is 0. The summed E-state index contributed by atoms with van der Waals surface area (Å²) in [4.78, 5) is 12.1. The lowest BCUT2D eigenvalue weighted by Gasteiger charge is -2.19. The third-order valence-corrected chi connectivity index (χ3v) is 3.41. The Morgan fingerprint density at radius 1 is 1.27 bits per heavy atom. The molecular weight excluding hydrogens is 334 g/mol. The van der Waals surface area contributed by atoms with Gasteiger partial charge >= 0.3 is 5.97 Å². The van der Waals surface area contributed by atoms with E-state index in [1.165, 1.54) is 11.8 Å². The molecule has 1 aromatic carbocycles. The molecule has 2 aromatic rings. The van der Waals surface area contributed by atoms with Crippen LogP contribution in [0.4, 0.5) is 0 Å². The summed E-state index contributed by atoms with van der Waals surface area (Å²) in [6, 6.07) is 8.78. The van der Waals surface area contributed by atoms with Gasteiger partial charge in [-0.05, 0) is 51.5 Å². The number of rotatable bonds is 6. The van der Waals surface area contributed by atoms with Crippen molar-refractivity contribution in [3.8, 4) is 23.4 Å². The fraction of sp³-hybridized carbons (Fsp3) is 0.421. The van der Waals surface area contributed by atoms with Crippen LogP contribution < -0.4 is 9.47 Å². The molecule has 7 heteroatoms. The Kier molecular flexibility index (Phi) is 5.88. The maximum atomic E-state index is 12.1. The van der Waals surface area contributed by atoms with Crippen LogP contribution in [0, 0.1) is 11.3 Å². The van der Waals surface area contributed by atoms with Crippen LogP contribution in [0.1, 0.15) is 39.0 Å². The van der Waals surface area contributed by atoms with Gasteiger partial charge in [0, 0.05) is 0 Å². The number of nitriles is 1. The summed E-state index contributed by atoms with van der Waals surface area (Å²) in [5.41, 5.74) is 0.695. The molecule has 26 heavy (non-hydrogen) atoms. The van der Waals surface area contributed by atoms with Gasteiger partial charge in [0.15, 0.2) is 0 Å². The molecule has 0 saturated heterocycles. The second-order valence-electron chi connectivity index (χ2n) is 6.62. The van der Waals surface area contributed by atoms with E-state index in [-0.39, 0.29) is 18.4 Å².